The van der Waals surface area contributed by atoms with Crippen molar-refractivity contribution in [3.63, 3.8) is 0 Å². The molecule has 0 spiro atoms. The van der Waals surface area contributed by atoms with Crippen LogP contribution in [0.5, 0.6) is 0 Å². The van der Waals surface area contributed by atoms with Gasteiger partial charge in [0.15, 0.2) is 17.5 Å². The molecule has 7 nitrogen and oxygen atoms in total. The minimum atomic E-state index is -2.05. The minimum absolute atomic E-state index is 0.00310. The average molecular weight is 539 g/mol. The Morgan fingerprint density at radius 1 is 1.07 bits per heavy atom. The summed E-state index contributed by atoms with van der Waals surface area (Å²) in [6.07, 6.45) is 0.690. The molecule has 0 saturated heterocycles. The van der Waals surface area contributed by atoms with Crippen LogP contribution in [0.4, 0.5) is 10.1 Å². The van der Waals surface area contributed by atoms with Gasteiger partial charge in [0.1, 0.15) is 18.6 Å². The second kappa shape index (κ2) is 10.4. The first-order chi connectivity index (χ1) is 13.9. The largest absolute Gasteiger partial charge is 0.464 e. The van der Waals surface area contributed by atoms with Crippen LogP contribution < -0.4 is 5.32 Å². The maximum Gasteiger partial charge on any atom is 0.325 e. The molecule has 0 fully saturated rings. The Morgan fingerprint density at radius 2 is 1.67 bits per heavy atom. The minimum Gasteiger partial charge on any atom is -0.464 e. The molecule has 0 atom stereocenters. The van der Waals surface area contributed by atoms with E-state index < -0.39 is 19.4 Å². The summed E-state index contributed by atoms with van der Waals surface area (Å²) in [5.41, 5.74) is 0.170. The highest BCUT2D eigenvalue weighted by Gasteiger charge is 2.34. The number of nitrogens with zero attached hydrogens (tertiary/aromatic N) is 3. The van der Waals surface area contributed by atoms with Crippen molar-refractivity contribution < 1.29 is 18.7 Å². The lowest BCUT2D eigenvalue weighted by molar-refractivity contribution is -0.141. The van der Waals surface area contributed by atoms with Crippen molar-refractivity contribution in [2.75, 3.05) is 18.5 Å². The standard InChI is InChI=1S/C16H11Cl6FN4O3/c17-15(18,19)13-25-12(26-14(27-13)16(20,21)22)8-2-3-10(9(23)6-8)24-7-11(29)30-5-1-4-28/h2-4,6,24H,1,5,7H2. The van der Waals surface area contributed by atoms with E-state index in [1.807, 2.05) is 0 Å². The van der Waals surface area contributed by atoms with Crippen LogP contribution in [0.2, 0.25) is 0 Å². The molecule has 1 aromatic heterocycles. The molecule has 1 heterocycles. The third kappa shape index (κ3) is 7.21. The maximum absolute atomic E-state index is 14.5. The van der Waals surface area contributed by atoms with Gasteiger partial charge in [0.25, 0.3) is 0 Å². The van der Waals surface area contributed by atoms with Gasteiger partial charge in [0.2, 0.25) is 7.59 Å². The Bertz CT molecular complexity index is 904. The van der Waals surface area contributed by atoms with E-state index in [9.17, 15) is 14.0 Å². The summed E-state index contributed by atoms with van der Waals surface area (Å²) in [7, 11) is 0. The van der Waals surface area contributed by atoms with Gasteiger partial charge in [0.05, 0.1) is 12.3 Å². The number of nitrogens with one attached hydrogen (secondary N) is 1. The number of hydrogen-bond donors (Lipinski definition) is 1. The number of rotatable bonds is 7. The van der Waals surface area contributed by atoms with E-state index in [1.165, 1.54) is 12.1 Å². The van der Waals surface area contributed by atoms with E-state index in [4.69, 9.17) is 74.3 Å². The SMILES string of the molecule is O=CCCOC(=O)CNc1ccc(-c2nc(C(Cl)(Cl)Cl)nc(C(Cl)(Cl)Cl)n2)cc1F. The molecule has 0 unspecified atom stereocenters. The van der Waals surface area contributed by atoms with Gasteiger partial charge in [-0.3, -0.25) is 4.79 Å². The molecule has 2 aromatic rings. The number of carbonyl (C=O) groups excluding carboxylic acids is 2. The summed E-state index contributed by atoms with van der Waals surface area (Å²) < 4.78 is 15.1. The number of anilines is 1. The zero-order valence-electron chi connectivity index (χ0n) is 14.6. The van der Waals surface area contributed by atoms with Crippen LogP contribution >= 0.6 is 69.6 Å². The first-order valence-electron chi connectivity index (χ1n) is 7.95. The first-order valence-corrected chi connectivity index (χ1v) is 10.2. The number of hydrogen-bond acceptors (Lipinski definition) is 7. The molecular formula is C16H11Cl6FN4O3. The number of ether oxygens (including phenoxy) is 1. The van der Waals surface area contributed by atoms with Gasteiger partial charge in [-0.2, -0.15) is 0 Å². The third-order valence-corrected chi connectivity index (χ3v) is 4.31. The number of aldehydes is 1. The van der Waals surface area contributed by atoms with Gasteiger partial charge in [-0.15, -0.1) is 0 Å². The molecule has 1 aromatic carbocycles. The van der Waals surface area contributed by atoms with E-state index in [2.05, 4.69) is 20.3 Å². The molecule has 0 aliphatic rings. The molecule has 0 amide bonds. The van der Waals surface area contributed by atoms with E-state index >= 15 is 0 Å². The molecule has 0 radical (unpaired) electrons. The topological polar surface area (TPSA) is 94.1 Å². The van der Waals surface area contributed by atoms with E-state index in [0.717, 1.165) is 6.07 Å². The van der Waals surface area contributed by atoms with Crippen LogP contribution in [0.25, 0.3) is 11.4 Å². The smallest absolute Gasteiger partial charge is 0.325 e. The normalized spacial score (nSPS) is 11.8. The Kier molecular flexibility index (Phi) is 8.73. The molecule has 30 heavy (non-hydrogen) atoms. The maximum atomic E-state index is 14.5. The summed E-state index contributed by atoms with van der Waals surface area (Å²) in [5.74, 6) is -2.14. The fourth-order valence-electron chi connectivity index (χ4n) is 2.00. The molecular weight excluding hydrogens is 528 g/mol. The van der Waals surface area contributed by atoms with Crippen LogP contribution in [-0.2, 0) is 21.9 Å². The fourth-order valence-corrected chi connectivity index (χ4v) is 2.50. The van der Waals surface area contributed by atoms with Crippen molar-refractivity contribution in [3.05, 3.63) is 35.7 Å². The monoisotopic (exact) mass is 536 g/mol. The van der Waals surface area contributed by atoms with Crippen molar-refractivity contribution in [2.45, 2.75) is 14.0 Å². The van der Waals surface area contributed by atoms with Crippen molar-refractivity contribution in [3.8, 4) is 11.4 Å². The number of halogens is 7. The predicted octanol–water partition coefficient (Wildman–Crippen LogP) is 4.88. The molecule has 0 saturated carbocycles. The van der Waals surface area contributed by atoms with E-state index in [-0.39, 0.29) is 48.3 Å². The lowest BCUT2D eigenvalue weighted by atomic mass is 10.2. The highest BCUT2D eigenvalue weighted by Crippen LogP contribution is 2.40. The second-order valence-electron chi connectivity index (χ2n) is 5.53. The Hall–Kier alpha value is -1.16. The van der Waals surface area contributed by atoms with Crippen molar-refractivity contribution in [1.29, 1.82) is 0 Å². The fraction of sp³-hybridized carbons (Fsp3) is 0.312. The zero-order valence-corrected chi connectivity index (χ0v) is 19.2. The van der Waals surface area contributed by atoms with E-state index in [1.54, 1.807) is 0 Å². The Morgan fingerprint density at radius 3 is 2.17 bits per heavy atom. The number of alkyl halides is 6. The van der Waals surface area contributed by atoms with E-state index in [0.29, 0.717) is 6.29 Å². The predicted molar refractivity (Wildman–Crippen MR) is 114 cm³/mol. The van der Waals surface area contributed by atoms with Crippen LogP contribution in [-0.4, -0.2) is 40.4 Å². The van der Waals surface area contributed by atoms with Gasteiger partial charge in [-0.1, -0.05) is 69.6 Å². The van der Waals surface area contributed by atoms with Gasteiger partial charge < -0.3 is 14.8 Å². The molecule has 1 N–H and O–H groups in total. The number of esters is 1. The Balaban J connectivity index is 2.27. The third-order valence-electron chi connectivity index (χ3n) is 3.29. The van der Waals surface area contributed by atoms with Gasteiger partial charge in [0, 0.05) is 12.0 Å². The average Bonchev–Trinajstić information content (AvgIpc) is 2.65. The zero-order chi connectivity index (χ0) is 22.5. The molecule has 0 bridgehead atoms. The van der Waals surface area contributed by atoms with Crippen LogP contribution in [0.3, 0.4) is 0 Å². The number of carbonyl (C=O) groups is 2. The number of aromatic nitrogens is 3. The molecule has 0 aliphatic carbocycles. The van der Waals surface area contributed by atoms with Crippen molar-refractivity contribution in [2.24, 2.45) is 0 Å². The number of benzene rings is 1. The summed E-state index contributed by atoms with van der Waals surface area (Å²) in [6, 6.07) is 3.83. The summed E-state index contributed by atoms with van der Waals surface area (Å²) >= 11 is 34.9. The highest BCUT2D eigenvalue weighted by atomic mass is 35.6. The van der Waals surface area contributed by atoms with Crippen LogP contribution in [0.1, 0.15) is 18.1 Å². The summed E-state index contributed by atoms with van der Waals surface area (Å²) in [5, 5.41) is 2.57. The summed E-state index contributed by atoms with van der Waals surface area (Å²) in [6.45, 7) is -0.363. The lowest BCUT2D eigenvalue weighted by Crippen LogP contribution is -2.18. The molecule has 162 valence electrons. The van der Waals surface area contributed by atoms with Gasteiger partial charge in [-0.25, -0.2) is 19.3 Å². The molecule has 14 heteroatoms. The molecule has 2 rings (SSSR count). The van der Waals surface area contributed by atoms with Crippen molar-refractivity contribution in [1.82, 2.24) is 15.0 Å². The van der Waals surface area contributed by atoms with Crippen LogP contribution in [0, 0.1) is 5.82 Å². The quantitative estimate of drug-likeness (QED) is 0.232. The molecule has 0 aliphatic heterocycles. The van der Waals surface area contributed by atoms with Gasteiger partial charge in [-0.05, 0) is 18.2 Å². The van der Waals surface area contributed by atoms with Gasteiger partial charge >= 0.3 is 5.97 Å². The summed E-state index contributed by atoms with van der Waals surface area (Å²) in [4.78, 5) is 33.5. The lowest BCUT2D eigenvalue weighted by Gasteiger charge is -2.16. The second-order valence-corrected chi connectivity index (χ2v) is 10.1. The first kappa shape index (κ1) is 25.1. The Labute approximate surface area is 200 Å². The van der Waals surface area contributed by atoms with Crippen molar-refractivity contribution >= 4 is 87.5 Å². The highest BCUT2D eigenvalue weighted by molar-refractivity contribution is 6.67. The van der Waals surface area contributed by atoms with Crippen LogP contribution in [0.15, 0.2) is 18.2 Å².